The molecule has 0 saturated heterocycles. The molecule has 0 aliphatic carbocycles. The molecule has 0 radical (unpaired) electrons. The zero-order valence-electron chi connectivity index (χ0n) is 11.4. The highest BCUT2D eigenvalue weighted by Crippen LogP contribution is 1.63. The molecule has 0 atom stereocenters. The molecule has 1 heteroatoms. The lowest BCUT2D eigenvalue weighted by atomic mass is 10.5. The first-order valence-corrected chi connectivity index (χ1v) is 5.50. The van der Waals surface area contributed by atoms with E-state index >= 15 is 0 Å². The van der Waals surface area contributed by atoms with Crippen molar-refractivity contribution >= 4 is 5.71 Å². The molecule has 0 aromatic rings. The average Bonchev–Trinajstić information content (AvgIpc) is 2.11. The van der Waals surface area contributed by atoms with Crippen LogP contribution >= 0.6 is 0 Å². The van der Waals surface area contributed by atoms with Gasteiger partial charge in [0.05, 0.1) is 0 Å². The Kier molecular flexibility index (Phi) is 73.0. The average molecular weight is 189 g/mol. The van der Waals surface area contributed by atoms with E-state index in [1.807, 2.05) is 27.7 Å². The molecule has 0 aliphatic heterocycles. The maximum atomic E-state index is 3.81. The van der Waals surface area contributed by atoms with Crippen LogP contribution in [0, 0.1) is 0 Å². The molecule has 0 spiro atoms. The molecule has 0 heterocycles. The van der Waals surface area contributed by atoms with Crippen molar-refractivity contribution < 1.29 is 0 Å². The fourth-order valence-electron chi connectivity index (χ4n) is 0. The quantitative estimate of drug-likeness (QED) is 0.478. The number of aliphatic imine (C=N–C) groups is 1. The molecule has 0 unspecified atom stereocenters. The van der Waals surface area contributed by atoms with Gasteiger partial charge in [-0.3, -0.25) is 4.99 Å². The van der Waals surface area contributed by atoms with E-state index < -0.39 is 0 Å². The van der Waals surface area contributed by atoms with Crippen molar-refractivity contribution in [3.8, 4) is 0 Å². The van der Waals surface area contributed by atoms with Gasteiger partial charge in [-0.05, 0) is 13.8 Å². The smallest absolute Gasteiger partial charge is 0.0276 e. The molecule has 13 heavy (non-hydrogen) atoms. The summed E-state index contributed by atoms with van der Waals surface area (Å²) in [6, 6.07) is 0. The van der Waals surface area contributed by atoms with Gasteiger partial charge in [0.15, 0.2) is 0 Å². The molecular formula is C12H31N. The number of hydrogen-bond acceptors (Lipinski definition) is 1. The number of hydrogen-bond donors (Lipinski definition) is 0. The second-order valence-corrected chi connectivity index (χ2v) is 2.59. The van der Waals surface area contributed by atoms with E-state index in [9.17, 15) is 0 Å². The summed E-state index contributed by atoms with van der Waals surface area (Å²) in [5.41, 5.74) is 1.13. The summed E-state index contributed by atoms with van der Waals surface area (Å²) in [5, 5.41) is 0. The van der Waals surface area contributed by atoms with Gasteiger partial charge < -0.3 is 0 Å². The maximum Gasteiger partial charge on any atom is 0.0276 e. The Morgan fingerprint density at radius 3 is 0.923 bits per heavy atom. The van der Waals surface area contributed by atoms with E-state index in [0.717, 1.165) is 5.71 Å². The van der Waals surface area contributed by atoms with Gasteiger partial charge in [0, 0.05) is 12.8 Å². The summed E-state index contributed by atoms with van der Waals surface area (Å²) < 4.78 is 0. The SMILES string of the molecule is CC.CCC.CCC.CN=C(C)C. The van der Waals surface area contributed by atoms with E-state index in [0.29, 0.717) is 0 Å². The molecule has 0 N–H and O–H groups in total. The van der Waals surface area contributed by atoms with Crippen LogP contribution in [0.25, 0.3) is 0 Å². The van der Waals surface area contributed by atoms with Gasteiger partial charge in [-0.2, -0.15) is 0 Å². The normalized spacial score (nSPS) is 5.92. The highest BCUT2D eigenvalue weighted by atomic mass is 14.7. The van der Waals surface area contributed by atoms with Crippen LogP contribution in [0.5, 0.6) is 0 Å². The van der Waals surface area contributed by atoms with Crippen LogP contribution in [0.4, 0.5) is 0 Å². The van der Waals surface area contributed by atoms with Crippen LogP contribution in [0.2, 0.25) is 0 Å². The molecule has 0 bridgehead atoms. The van der Waals surface area contributed by atoms with Crippen LogP contribution in [-0.4, -0.2) is 12.8 Å². The lowest BCUT2D eigenvalue weighted by molar-refractivity contribution is 1.09. The van der Waals surface area contributed by atoms with E-state index in [4.69, 9.17) is 0 Å². The van der Waals surface area contributed by atoms with E-state index in [1.54, 1.807) is 7.05 Å². The Morgan fingerprint density at radius 1 is 0.846 bits per heavy atom. The van der Waals surface area contributed by atoms with Gasteiger partial charge >= 0.3 is 0 Å². The zero-order chi connectivity index (χ0) is 11.7. The first-order valence-electron chi connectivity index (χ1n) is 5.50. The fraction of sp³-hybridized carbons (Fsp3) is 0.917. The third kappa shape index (κ3) is 391. The summed E-state index contributed by atoms with van der Waals surface area (Å²) in [6.07, 6.45) is 2.50. The van der Waals surface area contributed by atoms with Gasteiger partial charge in [-0.15, -0.1) is 0 Å². The van der Waals surface area contributed by atoms with Gasteiger partial charge in [0.2, 0.25) is 0 Å². The third-order valence-electron chi connectivity index (χ3n) is 0.447. The fourth-order valence-corrected chi connectivity index (χ4v) is 0. The topological polar surface area (TPSA) is 12.4 Å². The molecule has 0 aromatic carbocycles. The molecule has 0 aromatic heterocycles. The summed E-state index contributed by atoms with van der Waals surface area (Å²) in [4.78, 5) is 3.81. The third-order valence-corrected chi connectivity index (χ3v) is 0.447. The van der Waals surface area contributed by atoms with Crippen LogP contribution < -0.4 is 0 Å². The molecule has 1 nitrogen and oxygen atoms in total. The van der Waals surface area contributed by atoms with Gasteiger partial charge in [-0.25, -0.2) is 0 Å². The second kappa shape index (κ2) is 41.3. The molecule has 0 saturated carbocycles. The molecule has 84 valence electrons. The van der Waals surface area contributed by atoms with E-state index in [2.05, 4.69) is 32.7 Å². The Morgan fingerprint density at radius 2 is 0.923 bits per heavy atom. The largest absolute Gasteiger partial charge is 0.298 e. The van der Waals surface area contributed by atoms with Crippen LogP contribution in [0.3, 0.4) is 0 Å². The standard InChI is InChI=1S/C4H9N.2C3H8.C2H6/c1-4(2)5-3;2*1-3-2;1-2/h1-3H3;2*3H2,1-2H3;1-2H3. The number of rotatable bonds is 0. The maximum absolute atomic E-state index is 3.81. The predicted molar refractivity (Wildman–Crippen MR) is 68.0 cm³/mol. The highest BCUT2D eigenvalue weighted by Gasteiger charge is 1.62. The Labute approximate surface area is 86.7 Å². The first-order chi connectivity index (χ1) is 6.10. The second-order valence-electron chi connectivity index (χ2n) is 2.59. The summed E-state index contributed by atoms with van der Waals surface area (Å²) >= 11 is 0. The minimum Gasteiger partial charge on any atom is -0.298 e. The van der Waals surface area contributed by atoms with Crippen LogP contribution in [0.1, 0.15) is 68.2 Å². The van der Waals surface area contributed by atoms with Crippen molar-refractivity contribution in [3.05, 3.63) is 0 Å². The van der Waals surface area contributed by atoms with E-state index in [-0.39, 0.29) is 0 Å². The number of nitrogens with zero attached hydrogens (tertiary/aromatic N) is 1. The summed E-state index contributed by atoms with van der Waals surface area (Å²) in [5.74, 6) is 0. The lowest BCUT2D eigenvalue weighted by Gasteiger charge is -1.74. The van der Waals surface area contributed by atoms with Crippen LogP contribution in [0.15, 0.2) is 4.99 Å². The summed E-state index contributed by atoms with van der Waals surface area (Å²) in [6.45, 7) is 16.4. The molecule has 0 amide bonds. The van der Waals surface area contributed by atoms with Crippen molar-refractivity contribution in [1.82, 2.24) is 0 Å². The predicted octanol–water partition coefficient (Wildman–Crippen LogP) is 4.96. The van der Waals surface area contributed by atoms with Gasteiger partial charge in [-0.1, -0.05) is 54.4 Å². The monoisotopic (exact) mass is 189 g/mol. The molecular weight excluding hydrogens is 158 g/mol. The Hall–Kier alpha value is -0.330. The van der Waals surface area contributed by atoms with Crippen molar-refractivity contribution in [3.63, 3.8) is 0 Å². The summed E-state index contributed by atoms with van der Waals surface area (Å²) in [7, 11) is 1.79. The minimum absolute atomic E-state index is 1.13. The Bertz CT molecular complexity index is 59.5. The molecule has 0 rings (SSSR count). The van der Waals surface area contributed by atoms with Gasteiger partial charge in [0.25, 0.3) is 0 Å². The Balaban J connectivity index is -0.0000000446. The van der Waals surface area contributed by atoms with Crippen molar-refractivity contribution in [2.24, 2.45) is 4.99 Å². The zero-order valence-corrected chi connectivity index (χ0v) is 11.4. The van der Waals surface area contributed by atoms with Crippen LogP contribution in [-0.2, 0) is 0 Å². The van der Waals surface area contributed by atoms with Crippen molar-refractivity contribution in [2.75, 3.05) is 7.05 Å². The molecule has 0 fully saturated rings. The van der Waals surface area contributed by atoms with Gasteiger partial charge in [0.1, 0.15) is 0 Å². The van der Waals surface area contributed by atoms with Crippen molar-refractivity contribution in [1.29, 1.82) is 0 Å². The van der Waals surface area contributed by atoms with E-state index in [1.165, 1.54) is 12.8 Å². The lowest BCUT2D eigenvalue weighted by Crippen LogP contribution is -1.74. The van der Waals surface area contributed by atoms with Crippen molar-refractivity contribution in [2.45, 2.75) is 68.2 Å². The minimum atomic E-state index is 1.13. The molecule has 0 aliphatic rings. The first kappa shape index (κ1) is 23.0. The highest BCUT2D eigenvalue weighted by molar-refractivity contribution is 5.78.